The number of hydrogen-bond donors (Lipinski definition) is 1. The maximum absolute atomic E-state index is 6.28. The monoisotopic (exact) mass is 333 g/mol. The Bertz CT molecular complexity index is 736. The van der Waals surface area contributed by atoms with Crippen LogP contribution in [0.1, 0.15) is 25.0 Å². The first-order chi connectivity index (χ1) is 11.5. The fourth-order valence-electron chi connectivity index (χ4n) is 2.80. The Morgan fingerprint density at radius 3 is 1.79 bits per heavy atom. The number of rotatable bonds is 5. The summed E-state index contributed by atoms with van der Waals surface area (Å²) in [5.41, 5.74) is 8.52. The van der Waals surface area contributed by atoms with Gasteiger partial charge in [0.2, 0.25) is 0 Å². The molecule has 0 aliphatic carbocycles. The van der Waals surface area contributed by atoms with Crippen molar-refractivity contribution in [3.63, 3.8) is 0 Å². The van der Waals surface area contributed by atoms with Gasteiger partial charge in [-0.05, 0) is 43.5 Å². The van der Waals surface area contributed by atoms with Crippen molar-refractivity contribution in [2.24, 2.45) is 5.73 Å². The SMILES string of the molecule is CC(C)(N)c1cccc(CP(c2ccccc2)c2ccccc2)c1. The van der Waals surface area contributed by atoms with Crippen molar-refractivity contribution < 1.29 is 0 Å². The van der Waals surface area contributed by atoms with Crippen molar-refractivity contribution in [2.75, 3.05) is 0 Å². The molecule has 0 unspecified atom stereocenters. The number of nitrogens with two attached hydrogens (primary N) is 1. The second-order valence-corrected chi connectivity index (χ2v) is 8.88. The van der Waals surface area contributed by atoms with E-state index in [2.05, 4.69) is 98.8 Å². The van der Waals surface area contributed by atoms with E-state index >= 15 is 0 Å². The molecule has 0 spiro atoms. The molecular weight excluding hydrogens is 309 g/mol. The van der Waals surface area contributed by atoms with Gasteiger partial charge in [0.1, 0.15) is 0 Å². The molecule has 3 aromatic rings. The zero-order valence-corrected chi connectivity index (χ0v) is 15.2. The molecule has 0 saturated heterocycles. The summed E-state index contributed by atoms with van der Waals surface area (Å²) in [6, 6.07) is 30.4. The van der Waals surface area contributed by atoms with Crippen LogP contribution in [0.15, 0.2) is 84.9 Å². The molecule has 3 rings (SSSR count). The van der Waals surface area contributed by atoms with E-state index in [0.29, 0.717) is 0 Å². The zero-order valence-electron chi connectivity index (χ0n) is 14.3. The molecule has 3 aromatic carbocycles. The maximum Gasteiger partial charge on any atom is 0.0352 e. The van der Waals surface area contributed by atoms with Gasteiger partial charge in [-0.3, -0.25) is 0 Å². The van der Waals surface area contributed by atoms with Gasteiger partial charge in [-0.2, -0.15) is 0 Å². The van der Waals surface area contributed by atoms with Gasteiger partial charge in [0.05, 0.1) is 0 Å². The van der Waals surface area contributed by atoms with E-state index in [-0.39, 0.29) is 5.54 Å². The van der Waals surface area contributed by atoms with Gasteiger partial charge < -0.3 is 5.73 Å². The minimum absolute atomic E-state index is 0.307. The van der Waals surface area contributed by atoms with Crippen molar-refractivity contribution in [1.29, 1.82) is 0 Å². The van der Waals surface area contributed by atoms with Crippen molar-refractivity contribution in [1.82, 2.24) is 0 Å². The summed E-state index contributed by atoms with van der Waals surface area (Å²) in [6.07, 6.45) is 1.03. The largest absolute Gasteiger partial charge is 0.322 e. The topological polar surface area (TPSA) is 26.0 Å². The lowest BCUT2D eigenvalue weighted by Gasteiger charge is -2.22. The van der Waals surface area contributed by atoms with Crippen LogP contribution in [0.5, 0.6) is 0 Å². The summed E-state index contributed by atoms with van der Waals surface area (Å²) in [5, 5.41) is 2.83. The van der Waals surface area contributed by atoms with E-state index in [1.807, 2.05) is 0 Å². The molecule has 0 aliphatic rings. The fourth-order valence-corrected chi connectivity index (χ4v) is 5.09. The smallest absolute Gasteiger partial charge is 0.0352 e. The van der Waals surface area contributed by atoms with E-state index < -0.39 is 7.92 Å². The average Bonchev–Trinajstić information content (AvgIpc) is 2.61. The molecule has 0 fully saturated rings. The van der Waals surface area contributed by atoms with Gasteiger partial charge in [-0.25, -0.2) is 0 Å². The van der Waals surface area contributed by atoms with Crippen LogP contribution in [-0.2, 0) is 11.7 Å². The van der Waals surface area contributed by atoms with Gasteiger partial charge in [0, 0.05) is 11.7 Å². The average molecular weight is 333 g/mol. The Morgan fingerprint density at radius 2 is 1.29 bits per heavy atom. The molecule has 1 nitrogen and oxygen atoms in total. The Hall–Kier alpha value is -1.95. The third-order valence-electron chi connectivity index (χ3n) is 4.15. The van der Waals surface area contributed by atoms with E-state index in [1.54, 1.807) is 0 Å². The van der Waals surface area contributed by atoms with Crippen molar-refractivity contribution >= 4 is 18.5 Å². The van der Waals surface area contributed by atoms with Crippen LogP contribution in [0, 0.1) is 0 Å². The van der Waals surface area contributed by atoms with Crippen LogP contribution in [0.3, 0.4) is 0 Å². The first-order valence-corrected chi connectivity index (χ1v) is 9.83. The summed E-state index contributed by atoms with van der Waals surface area (Å²) < 4.78 is 0. The fraction of sp³-hybridized carbons (Fsp3) is 0.182. The molecule has 0 aliphatic heterocycles. The van der Waals surface area contributed by atoms with Crippen molar-refractivity contribution in [2.45, 2.75) is 25.5 Å². The predicted octanol–water partition coefficient (Wildman–Crippen LogP) is 4.51. The normalized spacial score (nSPS) is 11.7. The van der Waals surface area contributed by atoms with E-state index in [0.717, 1.165) is 6.16 Å². The molecule has 24 heavy (non-hydrogen) atoms. The van der Waals surface area contributed by atoms with Gasteiger partial charge in [-0.1, -0.05) is 84.9 Å². The summed E-state index contributed by atoms with van der Waals surface area (Å²) in [5.74, 6) is 0. The van der Waals surface area contributed by atoms with Gasteiger partial charge in [0.15, 0.2) is 0 Å². The standard InChI is InChI=1S/C22H24NP/c1-22(2,23)19-11-9-10-18(16-19)17-24(20-12-5-3-6-13-20)21-14-7-4-8-15-21/h3-16H,17,23H2,1-2H3. The van der Waals surface area contributed by atoms with E-state index in [9.17, 15) is 0 Å². The Balaban J connectivity index is 1.96. The third kappa shape index (κ3) is 4.12. The molecule has 2 heteroatoms. The Labute approximate surface area is 146 Å². The summed E-state index contributed by atoms with van der Waals surface area (Å²) in [7, 11) is -0.416. The molecule has 122 valence electrons. The lowest BCUT2D eigenvalue weighted by atomic mass is 9.94. The molecule has 2 N–H and O–H groups in total. The van der Waals surface area contributed by atoms with Crippen LogP contribution in [0.2, 0.25) is 0 Å². The third-order valence-corrected chi connectivity index (χ3v) is 6.67. The highest BCUT2D eigenvalue weighted by atomic mass is 31.1. The number of benzene rings is 3. The summed E-state index contributed by atoms with van der Waals surface area (Å²) in [6.45, 7) is 4.12. The van der Waals surface area contributed by atoms with Crippen LogP contribution in [0.4, 0.5) is 0 Å². The van der Waals surface area contributed by atoms with Crippen LogP contribution < -0.4 is 16.3 Å². The van der Waals surface area contributed by atoms with Crippen LogP contribution in [-0.4, -0.2) is 0 Å². The quantitative estimate of drug-likeness (QED) is 0.683. The van der Waals surface area contributed by atoms with Crippen molar-refractivity contribution in [3.05, 3.63) is 96.1 Å². The van der Waals surface area contributed by atoms with Crippen LogP contribution >= 0.6 is 7.92 Å². The molecule has 0 bridgehead atoms. The molecule has 0 amide bonds. The van der Waals surface area contributed by atoms with Gasteiger partial charge >= 0.3 is 0 Å². The minimum Gasteiger partial charge on any atom is -0.322 e. The summed E-state index contributed by atoms with van der Waals surface area (Å²) in [4.78, 5) is 0. The lowest BCUT2D eigenvalue weighted by molar-refractivity contribution is 0.554. The van der Waals surface area contributed by atoms with Crippen molar-refractivity contribution in [3.8, 4) is 0 Å². The number of hydrogen-bond acceptors (Lipinski definition) is 1. The van der Waals surface area contributed by atoms with E-state index in [1.165, 1.54) is 21.7 Å². The Morgan fingerprint density at radius 1 is 0.750 bits per heavy atom. The maximum atomic E-state index is 6.28. The molecule has 0 saturated carbocycles. The highest BCUT2D eigenvalue weighted by Crippen LogP contribution is 2.38. The second-order valence-electron chi connectivity index (χ2n) is 6.68. The molecule has 0 radical (unpaired) electrons. The predicted molar refractivity (Wildman–Crippen MR) is 106 cm³/mol. The molecule has 0 atom stereocenters. The lowest BCUT2D eigenvalue weighted by Crippen LogP contribution is -2.28. The van der Waals surface area contributed by atoms with E-state index in [4.69, 9.17) is 5.73 Å². The highest BCUT2D eigenvalue weighted by Gasteiger charge is 2.17. The minimum atomic E-state index is -0.416. The molecule has 0 aromatic heterocycles. The van der Waals surface area contributed by atoms with Gasteiger partial charge in [0.25, 0.3) is 0 Å². The van der Waals surface area contributed by atoms with Gasteiger partial charge in [-0.15, -0.1) is 0 Å². The Kier molecular flexibility index (Phi) is 5.14. The first-order valence-electron chi connectivity index (χ1n) is 8.30. The van der Waals surface area contributed by atoms with Crippen LogP contribution in [0.25, 0.3) is 0 Å². The zero-order chi connectivity index (χ0) is 17.0. The second kappa shape index (κ2) is 7.30. The summed E-state index contributed by atoms with van der Waals surface area (Å²) >= 11 is 0. The molecule has 0 heterocycles. The molecular formula is C22H24NP. The first kappa shape index (κ1) is 16.9. The highest BCUT2D eigenvalue weighted by molar-refractivity contribution is 7.72.